The minimum Gasteiger partial charge on any atom is -0.481 e. The molecule has 4 aromatic rings. The molecule has 7 heteroatoms. The Balaban J connectivity index is 1.93. The number of para-hydroxylation sites is 1. The first-order chi connectivity index (χ1) is 19.8. The standard InChI is InChI=1S/C34H38N4O3/c1-7-9-19-38(34(40)36-30-26(22(3)4)15-11-16-27(30)23(5)6)31-29(24-13-10-14-25(21-24)41-20-8-2)28-17-12-18-35-32(28)37-33(31)39/h2,10-18,21-23H,7,9,19-20H2,1,3-6H3,(H,36,40)(H,35,37,39). The van der Waals surface area contributed by atoms with Crippen molar-refractivity contribution >= 4 is 28.4 Å². The number of carbonyl (C=O) groups is 1. The lowest BCUT2D eigenvalue weighted by molar-refractivity contribution is 0.256. The van der Waals surface area contributed by atoms with Crippen molar-refractivity contribution in [1.29, 1.82) is 0 Å². The molecule has 41 heavy (non-hydrogen) atoms. The highest BCUT2D eigenvalue weighted by Gasteiger charge is 2.27. The molecule has 0 bridgehead atoms. The summed E-state index contributed by atoms with van der Waals surface area (Å²) < 4.78 is 5.69. The van der Waals surface area contributed by atoms with Crippen LogP contribution in [0.4, 0.5) is 16.2 Å². The van der Waals surface area contributed by atoms with Gasteiger partial charge in [0.15, 0.2) is 0 Å². The molecule has 0 saturated carbocycles. The summed E-state index contributed by atoms with van der Waals surface area (Å²) in [6.07, 6.45) is 8.60. The van der Waals surface area contributed by atoms with Crippen molar-refractivity contribution in [3.05, 3.63) is 82.3 Å². The second kappa shape index (κ2) is 13.2. The Labute approximate surface area is 242 Å². The van der Waals surface area contributed by atoms with Crippen molar-refractivity contribution in [1.82, 2.24) is 9.97 Å². The number of ether oxygens (including phenoxy) is 1. The zero-order valence-corrected chi connectivity index (χ0v) is 24.5. The molecule has 2 aromatic carbocycles. The normalized spacial score (nSPS) is 11.1. The van der Waals surface area contributed by atoms with Crippen molar-refractivity contribution < 1.29 is 9.53 Å². The number of urea groups is 1. The van der Waals surface area contributed by atoms with Crippen molar-refractivity contribution in [2.24, 2.45) is 0 Å². The molecular weight excluding hydrogens is 512 g/mol. The van der Waals surface area contributed by atoms with Crippen LogP contribution in [0, 0.1) is 12.3 Å². The smallest absolute Gasteiger partial charge is 0.326 e. The van der Waals surface area contributed by atoms with E-state index in [-0.39, 0.29) is 30.2 Å². The molecule has 0 atom stereocenters. The lowest BCUT2D eigenvalue weighted by Crippen LogP contribution is -2.40. The Morgan fingerprint density at radius 2 is 1.78 bits per heavy atom. The van der Waals surface area contributed by atoms with Crippen LogP contribution >= 0.6 is 0 Å². The lowest BCUT2D eigenvalue weighted by atomic mass is 9.92. The van der Waals surface area contributed by atoms with Crippen LogP contribution in [-0.2, 0) is 0 Å². The predicted octanol–water partition coefficient (Wildman–Crippen LogP) is 7.69. The molecule has 212 valence electrons. The molecule has 0 aliphatic rings. The number of terminal acetylenes is 1. The number of fused-ring (bicyclic) bond motifs is 1. The fourth-order valence-electron chi connectivity index (χ4n) is 5.03. The number of benzene rings is 2. The number of carbonyl (C=O) groups excluding carboxylic acids is 1. The summed E-state index contributed by atoms with van der Waals surface area (Å²) in [7, 11) is 0. The maximum Gasteiger partial charge on any atom is 0.326 e. The number of rotatable bonds is 10. The van der Waals surface area contributed by atoms with Crippen LogP contribution in [0.1, 0.15) is 70.4 Å². The summed E-state index contributed by atoms with van der Waals surface area (Å²) in [5.41, 5.74) is 4.54. The molecule has 0 radical (unpaired) electrons. The zero-order chi connectivity index (χ0) is 29.5. The first kappa shape index (κ1) is 29.4. The highest BCUT2D eigenvalue weighted by molar-refractivity contribution is 6.09. The number of nitrogens with one attached hydrogen (secondary N) is 2. The molecule has 2 N–H and O–H groups in total. The minimum atomic E-state index is -0.395. The first-order valence-electron chi connectivity index (χ1n) is 14.2. The van der Waals surface area contributed by atoms with Gasteiger partial charge in [0, 0.05) is 29.4 Å². The van der Waals surface area contributed by atoms with Gasteiger partial charge in [-0.1, -0.05) is 77.3 Å². The summed E-state index contributed by atoms with van der Waals surface area (Å²) in [5, 5.41) is 3.93. The largest absolute Gasteiger partial charge is 0.481 e. The maximum atomic E-state index is 14.2. The molecule has 2 amide bonds. The van der Waals surface area contributed by atoms with Gasteiger partial charge in [0.2, 0.25) is 0 Å². The number of nitrogens with zero attached hydrogens (tertiary/aromatic N) is 2. The fourth-order valence-corrected chi connectivity index (χ4v) is 5.03. The van der Waals surface area contributed by atoms with E-state index in [0.29, 0.717) is 29.9 Å². The van der Waals surface area contributed by atoms with Crippen molar-refractivity contribution in [2.75, 3.05) is 23.4 Å². The van der Waals surface area contributed by atoms with Crippen molar-refractivity contribution in [2.45, 2.75) is 59.3 Å². The molecule has 4 rings (SSSR count). The summed E-state index contributed by atoms with van der Waals surface area (Å²) in [4.78, 5) is 37.0. The maximum absolute atomic E-state index is 14.2. The minimum absolute atomic E-state index is 0.118. The predicted molar refractivity (Wildman–Crippen MR) is 168 cm³/mol. The number of aromatic nitrogens is 2. The molecule has 0 aliphatic carbocycles. The molecule has 0 fully saturated rings. The Hall–Kier alpha value is -4.57. The van der Waals surface area contributed by atoms with Crippen LogP contribution in [0.3, 0.4) is 0 Å². The van der Waals surface area contributed by atoms with Gasteiger partial charge in [-0.05, 0) is 59.2 Å². The van der Waals surface area contributed by atoms with Gasteiger partial charge in [-0.3, -0.25) is 9.69 Å². The Bertz CT molecular complexity index is 1610. The van der Waals surface area contributed by atoms with Crippen LogP contribution in [-0.4, -0.2) is 29.2 Å². The molecular formula is C34H38N4O3. The number of anilines is 2. The van der Waals surface area contributed by atoms with Crippen molar-refractivity contribution in [3.8, 4) is 29.2 Å². The third-order valence-electron chi connectivity index (χ3n) is 7.06. The molecule has 0 saturated heterocycles. The van der Waals surface area contributed by atoms with E-state index in [0.717, 1.165) is 34.2 Å². The van der Waals surface area contributed by atoms with Crippen molar-refractivity contribution in [3.63, 3.8) is 0 Å². The number of pyridine rings is 2. The Kier molecular flexibility index (Phi) is 9.46. The van der Waals surface area contributed by atoms with E-state index in [1.807, 2.05) is 54.6 Å². The van der Waals surface area contributed by atoms with Gasteiger partial charge < -0.3 is 15.0 Å². The average Bonchev–Trinajstić information content (AvgIpc) is 2.96. The third-order valence-corrected chi connectivity index (χ3v) is 7.06. The topological polar surface area (TPSA) is 87.3 Å². The quantitative estimate of drug-likeness (QED) is 0.198. The van der Waals surface area contributed by atoms with Crippen LogP contribution in [0.5, 0.6) is 5.75 Å². The molecule has 2 heterocycles. The van der Waals surface area contributed by atoms with Gasteiger partial charge >= 0.3 is 6.03 Å². The van der Waals surface area contributed by atoms with E-state index in [1.165, 1.54) is 0 Å². The third kappa shape index (κ3) is 6.44. The second-order valence-corrected chi connectivity index (χ2v) is 10.7. The highest BCUT2D eigenvalue weighted by atomic mass is 16.5. The molecule has 0 spiro atoms. The summed E-state index contributed by atoms with van der Waals surface area (Å²) >= 11 is 0. The monoisotopic (exact) mass is 550 g/mol. The second-order valence-electron chi connectivity index (χ2n) is 10.7. The number of H-pyrrole nitrogens is 1. The summed E-state index contributed by atoms with van der Waals surface area (Å²) in [5.74, 6) is 3.45. The fraction of sp³-hybridized carbons (Fsp3) is 0.324. The van der Waals surface area contributed by atoms with E-state index in [2.05, 4.69) is 55.8 Å². The van der Waals surface area contributed by atoms with Crippen LogP contribution in [0.25, 0.3) is 22.2 Å². The Morgan fingerprint density at radius 1 is 1.07 bits per heavy atom. The van der Waals surface area contributed by atoms with E-state index in [9.17, 15) is 9.59 Å². The first-order valence-corrected chi connectivity index (χ1v) is 14.2. The lowest BCUT2D eigenvalue weighted by Gasteiger charge is -2.28. The SMILES string of the molecule is C#CCOc1cccc(-c2c(N(CCCC)C(=O)Nc3c(C(C)C)cccc3C(C)C)c(=O)[nH]c3ncccc23)c1. The van der Waals surface area contributed by atoms with E-state index >= 15 is 0 Å². The summed E-state index contributed by atoms with van der Waals surface area (Å²) in [6, 6.07) is 16.9. The number of hydrogen-bond acceptors (Lipinski definition) is 4. The Morgan fingerprint density at radius 3 is 2.44 bits per heavy atom. The van der Waals surface area contributed by atoms with Crippen LogP contribution in [0.15, 0.2) is 65.6 Å². The van der Waals surface area contributed by atoms with E-state index in [4.69, 9.17) is 11.2 Å². The number of aromatic amines is 1. The average molecular weight is 551 g/mol. The molecule has 0 aliphatic heterocycles. The molecule has 7 nitrogen and oxygen atoms in total. The van der Waals surface area contributed by atoms with Gasteiger partial charge in [0.1, 0.15) is 23.7 Å². The number of unbranched alkanes of at least 4 members (excludes halogenated alkanes) is 1. The van der Waals surface area contributed by atoms with Gasteiger partial charge in [-0.15, -0.1) is 6.42 Å². The van der Waals surface area contributed by atoms with Crippen LogP contribution in [0.2, 0.25) is 0 Å². The van der Waals surface area contributed by atoms with Gasteiger partial charge in [0.05, 0.1) is 0 Å². The van der Waals surface area contributed by atoms with Gasteiger partial charge in [-0.2, -0.15) is 0 Å². The molecule has 2 aromatic heterocycles. The van der Waals surface area contributed by atoms with E-state index < -0.39 is 5.56 Å². The summed E-state index contributed by atoms with van der Waals surface area (Å²) in [6.45, 7) is 11.0. The number of hydrogen-bond donors (Lipinski definition) is 2. The van der Waals surface area contributed by atoms with Gasteiger partial charge in [0.25, 0.3) is 5.56 Å². The van der Waals surface area contributed by atoms with Gasteiger partial charge in [-0.25, -0.2) is 9.78 Å². The molecule has 0 unspecified atom stereocenters. The van der Waals surface area contributed by atoms with E-state index in [1.54, 1.807) is 11.1 Å². The zero-order valence-electron chi connectivity index (χ0n) is 24.5. The van der Waals surface area contributed by atoms with Crippen LogP contribution < -0.4 is 20.5 Å². The number of amides is 2. The highest BCUT2D eigenvalue weighted by Crippen LogP contribution is 2.37.